The molecule has 3 N–H and O–H groups in total. The van der Waals surface area contributed by atoms with E-state index < -0.39 is 0 Å². The lowest BCUT2D eigenvalue weighted by Crippen LogP contribution is -2.38. The van der Waals surface area contributed by atoms with Crippen molar-refractivity contribution in [2.45, 2.75) is 25.2 Å². The molecule has 0 aliphatic rings. The van der Waals surface area contributed by atoms with E-state index in [1.807, 2.05) is 43.8 Å². The third-order valence-corrected chi connectivity index (χ3v) is 4.72. The number of thioether (sulfide) groups is 1. The molecule has 0 aliphatic heterocycles. The molecule has 1 aromatic carbocycles. The first-order valence-corrected chi connectivity index (χ1v) is 10.2. The minimum atomic E-state index is -0.176. The van der Waals surface area contributed by atoms with E-state index >= 15 is 0 Å². The fraction of sp³-hybridized carbons (Fsp3) is 0.400. The number of benzene rings is 1. The number of aliphatic imine (C=N–C) groups is 1. The zero-order valence-electron chi connectivity index (χ0n) is 16.0. The van der Waals surface area contributed by atoms with E-state index in [1.54, 1.807) is 6.07 Å². The third kappa shape index (κ3) is 7.78. The normalized spacial score (nSPS) is 11.3. The number of carbonyl (C=O) groups is 1. The maximum atomic E-state index is 11.9. The highest BCUT2D eigenvalue weighted by Gasteiger charge is 2.11. The van der Waals surface area contributed by atoms with Gasteiger partial charge in [-0.1, -0.05) is 18.2 Å². The van der Waals surface area contributed by atoms with Crippen LogP contribution >= 0.6 is 11.8 Å². The van der Waals surface area contributed by atoms with Crippen molar-refractivity contribution in [2.75, 3.05) is 31.9 Å². The molecule has 0 spiro atoms. The first-order chi connectivity index (χ1) is 13.2. The summed E-state index contributed by atoms with van der Waals surface area (Å²) in [4.78, 5) is 17.8. The van der Waals surface area contributed by atoms with Crippen LogP contribution in [0.2, 0.25) is 0 Å². The van der Waals surface area contributed by atoms with Gasteiger partial charge in [-0.25, -0.2) is 0 Å². The Morgan fingerprint density at radius 3 is 2.63 bits per heavy atom. The first kappa shape index (κ1) is 20.9. The number of rotatable bonds is 10. The van der Waals surface area contributed by atoms with Crippen molar-refractivity contribution < 1.29 is 9.21 Å². The number of nitrogens with zero attached hydrogens (tertiary/aromatic N) is 1. The van der Waals surface area contributed by atoms with Crippen LogP contribution in [0.25, 0.3) is 0 Å². The number of amides is 1. The first-order valence-electron chi connectivity index (χ1n) is 9.23. The van der Waals surface area contributed by atoms with Crippen LogP contribution in [0.4, 0.5) is 0 Å². The molecule has 0 fully saturated rings. The number of furan rings is 1. The van der Waals surface area contributed by atoms with Gasteiger partial charge < -0.3 is 20.4 Å². The number of guanidine groups is 1. The summed E-state index contributed by atoms with van der Waals surface area (Å²) in [7, 11) is 0. The Bertz CT molecular complexity index is 716. The Hall–Kier alpha value is -2.41. The summed E-state index contributed by atoms with van der Waals surface area (Å²) in [6.45, 7) is 6.74. The molecule has 1 aromatic heterocycles. The smallest absolute Gasteiger partial charge is 0.287 e. The summed E-state index contributed by atoms with van der Waals surface area (Å²) < 4.78 is 5.18. The van der Waals surface area contributed by atoms with Crippen LogP contribution in [0.3, 0.4) is 0 Å². The maximum absolute atomic E-state index is 11.9. The lowest BCUT2D eigenvalue weighted by atomic mass is 10.2. The highest BCUT2D eigenvalue weighted by atomic mass is 32.2. The Balaban J connectivity index is 1.64. The molecule has 0 atom stereocenters. The molecule has 1 heterocycles. The van der Waals surface area contributed by atoms with Gasteiger partial charge >= 0.3 is 0 Å². The van der Waals surface area contributed by atoms with E-state index in [0.29, 0.717) is 18.8 Å². The van der Waals surface area contributed by atoms with Gasteiger partial charge in [0, 0.05) is 42.4 Å². The van der Waals surface area contributed by atoms with Gasteiger partial charge in [0.15, 0.2) is 11.7 Å². The van der Waals surface area contributed by atoms with Crippen LogP contribution in [0.5, 0.6) is 0 Å². The maximum Gasteiger partial charge on any atom is 0.287 e. The fourth-order valence-electron chi connectivity index (χ4n) is 2.35. The molecular weight excluding hydrogens is 360 g/mol. The van der Waals surface area contributed by atoms with Crippen molar-refractivity contribution in [3.8, 4) is 0 Å². The molecule has 2 aromatic rings. The van der Waals surface area contributed by atoms with Gasteiger partial charge in [-0.3, -0.25) is 9.79 Å². The molecule has 1 amide bonds. The van der Waals surface area contributed by atoms with Gasteiger partial charge in [-0.15, -0.1) is 11.8 Å². The molecule has 6 nitrogen and oxygen atoms in total. The van der Waals surface area contributed by atoms with Crippen molar-refractivity contribution in [2.24, 2.45) is 4.99 Å². The second-order valence-electron chi connectivity index (χ2n) is 5.89. The molecule has 0 saturated heterocycles. The Morgan fingerprint density at radius 2 is 1.93 bits per heavy atom. The monoisotopic (exact) mass is 388 g/mol. The molecule has 27 heavy (non-hydrogen) atoms. The molecular formula is C20H28N4O2S. The number of aryl methyl sites for hydroxylation is 1. The standard InChI is InChI=1S/C20H28N4O2S/c1-3-21-20(24-13-15-27-17-8-5-4-6-9-17)23-12-7-11-22-19(25)18-16(2)10-14-26-18/h4-6,8-10,14H,3,7,11-13,15H2,1-2H3,(H,22,25)(H2,21,23,24). The third-order valence-electron chi connectivity index (χ3n) is 3.71. The van der Waals surface area contributed by atoms with Gasteiger partial charge in [0.2, 0.25) is 0 Å². The van der Waals surface area contributed by atoms with Gasteiger partial charge in [0.05, 0.1) is 6.26 Å². The molecule has 0 saturated carbocycles. The van der Waals surface area contributed by atoms with E-state index in [2.05, 4.69) is 33.1 Å². The molecule has 0 aliphatic carbocycles. The molecule has 146 valence electrons. The van der Waals surface area contributed by atoms with E-state index in [4.69, 9.17) is 4.42 Å². The van der Waals surface area contributed by atoms with Crippen molar-refractivity contribution in [3.05, 3.63) is 54.0 Å². The van der Waals surface area contributed by atoms with E-state index in [1.165, 1.54) is 11.2 Å². The van der Waals surface area contributed by atoms with Crippen LogP contribution < -0.4 is 16.0 Å². The lowest BCUT2D eigenvalue weighted by Gasteiger charge is -2.11. The van der Waals surface area contributed by atoms with Crippen LogP contribution in [0.15, 0.2) is 57.0 Å². The lowest BCUT2D eigenvalue weighted by molar-refractivity contribution is 0.0925. The van der Waals surface area contributed by atoms with Crippen LogP contribution in [0, 0.1) is 6.92 Å². The van der Waals surface area contributed by atoms with Crippen LogP contribution in [-0.2, 0) is 0 Å². The minimum absolute atomic E-state index is 0.176. The Kier molecular flexibility index (Phi) is 9.34. The van der Waals surface area contributed by atoms with Crippen molar-refractivity contribution in [1.29, 1.82) is 0 Å². The number of carbonyl (C=O) groups excluding carboxylic acids is 1. The summed E-state index contributed by atoms with van der Waals surface area (Å²) in [6.07, 6.45) is 2.29. The SMILES string of the molecule is CCNC(=NCCCNC(=O)c1occc1C)NCCSc1ccccc1. The van der Waals surface area contributed by atoms with Crippen molar-refractivity contribution in [1.82, 2.24) is 16.0 Å². The summed E-state index contributed by atoms with van der Waals surface area (Å²) in [5.41, 5.74) is 0.845. The summed E-state index contributed by atoms with van der Waals surface area (Å²) in [5.74, 6) is 1.97. The number of nitrogens with one attached hydrogen (secondary N) is 3. The van der Waals surface area contributed by atoms with E-state index in [9.17, 15) is 4.79 Å². The predicted molar refractivity (Wildman–Crippen MR) is 112 cm³/mol. The predicted octanol–water partition coefficient (Wildman–Crippen LogP) is 3.06. The average Bonchev–Trinajstić information content (AvgIpc) is 3.11. The largest absolute Gasteiger partial charge is 0.459 e. The highest BCUT2D eigenvalue weighted by Crippen LogP contribution is 2.15. The van der Waals surface area contributed by atoms with Crippen molar-refractivity contribution in [3.63, 3.8) is 0 Å². The highest BCUT2D eigenvalue weighted by molar-refractivity contribution is 7.99. The van der Waals surface area contributed by atoms with Crippen LogP contribution in [-0.4, -0.2) is 43.8 Å². The quantitative estimate of drug-likeness (QED) is 0.252. The van der Waals surface area contributed by atoms with E-state index in [0.717, 1.165) is 36.8 Å². The minimum Gasteiger partial charge on any atom is -0.459 e. The molecule has 7 heteroatoms. The fourth-order valence-corrected chi connectivity index (χ4v) is 3.14. The Labute approximate surface area is 165 Å². The van der Waals surface area contributed by atoms with Gasteiger partial charge in [-0.2, -0.15) is 0 Å². The summed E-state index contributed by atoms with van der Waals surface area (Å²) in [5, 5.41) is 9.43. The second kappa shape index (κ2) is 12.1. The molecule has 2 rings (SSSR count). The number of hydrogen-bond donors (Lipinski definition) is 3. The van der Waals surface area contributed by atoms with Crippen LogP contribution in [0.1, 0.15) is 29.5 Å². The summed E-state index contributed by atoms with van der Waals surface area (Å²) in [6, 6.07) is 12.1. The zero-order valence-corrected chi connectivity index (χ0v) is 16.8. The van der Waals surface area contributed by atoms with Gasteiger partial charge in [0.25, 0.3) is 5.91 Å². The average molecular weight is 389 g/mol. The topological polar surface area (TPSA) is 78.7 Å². The van der Waals surface area contributed by atoms with Gasteiger partial charge in [-0.05, 0) is 38.5 Å². The molecule has 0 unspecified atom stereocenters. The molecule has 0 bridgehead atoms. The van der Waals surface area contributed by atoms with Gasteiger partial charge in [0.1, 0.15) is 0 Å². The zero-order chi connectivity index (χ0) is 19.3. The number of hydrogen-bond acceptors (Lipinski definition) is 4. The second-order valence-corrected chi connectivity index (χ2v) is 7.06. The van der Waals surface area contributed by atoms with E-state index in [-0.39, 0.29) is 5.91 Å². The van der Waals surface area contributed by atoms with Crippen molar-refractivity contribution >= 4 is 23.6 Å². The molecule has 0 radical (unpaired) electrons. The Morgan fingerprint density at radius 1 is 1.11 bits per heavy atom. The summed E-state index contributed by atoms with van der Waals surface area (Å²) >= 11 is 1.81.